The molecule has 1 aliphatic rings. The highest BCUT2D eigenvalue weighted by Crippen LogP contribution is 2.46. The number of ether oxygens (including phenoxy) is 1. The van der Waals surface area contributed by atoms with Gasteiger partial charge in [0.15, 0.2) is 6.04 Å². The number of benzene rings is 3. The van der Waals surface area contributed by atoms with Crippen molar-refractivity contribution in [2.75, 3.05) is 6.61 Å². The Morgan fingerprint density at radius 1 is 0.925 bits per heavy atom. The summed E-state index contributed by atoms with van der Waals surface area (Å²) >= 11 is 0. The third-order valence-electron chi connectivity index (χ3n) is 7.40. The van der Waals surface area contributed by atoms with Crippen molar-refractivity contribution in [3.8, 4) is 11.1 Å². The topological polar surface area (TPSA) is 119 Å². The Balaban J connectivity index is 1.49. The van der Waals surface area contributed by atoms with Crippen LogP contribution in [0.4, 0.5) is 5.69 Å². The number of carbonyl (C=O) groups is 2. The van der Waals surface area contributed by atoms with E-state index in [4.69, 9.17) is 4.74 Å². The molecule has 2 N–H and O–H groups in total. The molecule has 0 saturated carbocycles. The van der Waals surface area contributed by atoms with Crippen molar-refractivity contribution in [1.29, 1.82) is 0 Å². The van der Waals surface area contributed by atoms with Crippen molar-refractivity contribution < 1.29 is 24.4 Å². The number of aliphatic hydroxyl groups is 1. The highest BCUT2D eigenvalue weighted by atomic mass is 16.6. The predicted molar refractivity (Wildman–Crippen MR) is 153 cm³/mol. The maximum atomic E-state index is 13.4. The van der Waals surface area contributed by atoms with Gasteiger partial charge in [-0.1, -0.05) is 99.7 Å². The third-order valence-corrected chi connectivity index (χ3v) is 7.40. The van der Waals surface area contributed by atoms with Gasteiger partial charge in [-0.3, -0.25) is 14.9 Å². The molecule has 0 bridgehead atoms. The van der Waals surface area contributed by atoms with E-state index >= 15 is 0 Å². The Hall–Kier alpha value is -4.04. The Morgan fingerprint density at radius 3 is 2.20 bits per heavy atom. The number of non-ortho nitro benzene ring substituents is 1. The lowest BCUT2D eigenvalue weighted by molar-refractivity contribution is -0.385. The summed E-state index contributed by atoms with van der Waals surface area (Å²) < 4.78 is 5.47. The van der Waals surface area contributed by atoms with Crippen LogP contribution in [0.25, 0.3) is 11.1 Å². The first-order valence-electron chi connectivity index (χ1n) is 14.0. The minimum absolute atomic E-state index is 0.0664. The number of fused-ring (bicyclic) bond motifs is 3. The molecule has 0 aromatic heterocycles. The molecule has 0 radical (unpaired) electrons. The lowest BCUT2D eigenvalue weighted by Gasteiger charge is -2.24. The average Bonchev–Trinajstić information content (AvgIpc) is 3.28. The van der Waals surface area contributed by atoms with Crippen LogP contribution in [0.1, 0.15) is 80.6 Å². The number of aliphatic hydroxyl groups excluding tert-OH is 1. The van der Waals surface area contributed by atoms with Gasteiger partial charge < -0.3 is 15.2 Å². The molecule has 0 aliphatic heterocycles. The van der Waals surface area contributed by atoms with Crippen LogP contribution >= 0.6 is 0 Å². The molecule has 4 rings (SSSR count). The van der Waals surface area contributed by atoms with Crippen LogP contribution in [-0.4, -0.2) is 34.6 Å². The average molecular weight is 545 g/mol. The number of rotatable bonds is 14. The smallest absolute Gasteiger partial charge is 0.331 e. The van der Waals surface area contributed by atoms with Crippen molar-refractivity contribution in [3.63, 3.8) is 0 Å². The molecule has 8 nitrogen and oxygen atoms in total. The van der Waals surface area contributed by atoms with E-state index in [1.165, 1.54) is 30.7 Å². The van der Waals surface area contributed by atoms with Gasteiger partial charge in [-0.05, 0) is 34.2 Å². The van der Waals surface area contributed by atoms with Gasteiger partial charge in [0.1, 0.15) is 6.10 Å². The lowest BCUT2D eigenvalue weighted by Crippen LogP contribution is -2.46. The van der Waals surface area contributed by atoms with Gasteiger partial charge in [-0.25, -0.2) is 4.79 Å². The molecule has 8 heteroatoms. The van der Waals surface area contributed by atoms with Crippen LogP contribution in [0.3, 0.4) is 0 Å². The molecule has 210 valence electrons. The van der Waals surface area contributed by atoms with Gasteiger partial charge in [-0.15, -0.1) is 0 Å². The molecule has 0 saturated heterocycles. The van der Waals surface area contributed by atoms with Crippen molar-refractivity contribution in [2.45, 2.75) is 69.9 Å². The molecule has 2 atom stereocenters. The first-order chi connectivity index (χ1) is 19.4. The van der Waals surface area contributed by atoms with Gasteiger partial charge in [0.05, 0.1) is 11.5 Å². The summed E-state index contributed by atoms with van der Waals surface area (Å²) in [5, 5.41) is 25.1. The highest BCUT2D eigenvalue weighted by molar-refractivity contribution is 5.88. The zero-order chi connectivity index (χ0) is 28.5. The monoisotopic (exact) mass is 544 g/mol. The summed E-state index contributed by atoms with van der Waals surface area (Å²) in [4.78, 5) is 37.2. The molecule has 3 aromatic rings. The molecule has 1 aliphatic carbocycles. The largest absolute Gasteiger partial charge is 0.464 e. The highest BCUT2D eigenvalue weighted by Gasteiger charge is 2.35. The Bertz CT molecular complexity index is 1290. The number of carbonyl (C=O) groups excluding carboxylic acids is 2. The number of nitro benzene ring substituents is 1. The molecule has 3 aromatic carbocycles. The van der Waals surface area contributed by atoms with Crippen molar-refractivity contribution in [2.24, 2.45) is 0 Å². The van der Waals surface area contributed by atoms with Crippen LogP contribution in [0.2, 0.25) is 0 Å². The SMILES string of the molecule is CCCCCCCCOC(=O)C(NC(=O)CC1c2ccccc2-c2ccccc21)C(O)c1cccc([N+](=O)[O-])c1. The third kappa shape index (κ3) is 6.93. The molecular formula is C32H36N2O6. The second kappa shape index (κ2) is 13.8. The summed E-state index contributed by atoms with van der Waals surface area (Å²) in [6, 6.07) is 19.9. The van der Waals surface area contributed by atoms with Crippen LogP contribution in [0.5, 0.6) is 0 Å². The number of hydrogen-bond acceptors (Lipinski definition) is 6. The van der Waals surface area contributed by atoms with Crippen molar-refractivity contribution >= 4 is 17.6 Å². The standard InChI is InChI=1S/C32H36N2O6/c1-2-3-4-5-6-11-19-40-32(37)30(31(36)22-13-12-14-23(20-22)34(38)39)33-29(35)21-28-26-17-9-7-15-24(26)25-16-8-10-18-27(25)28/h7-10,12-18,20,28,30-31,36H,2-6,11,19,21H2,1H3,(H,33,35). The summed E-state index contributed by atoms with van der Waals surface area (Å²) in [6.45, 7) is 2.31. The van der Waals surface area contributed by atoms with E-state index in [1.54, 1.807) is 0 Å². The fourth-order valence-electron chi connectivity index (χ4n) is 5.32. The van der Waals surface area contributed by atoms with E-state index in [-0.39, 0.29) is 30.2 Å². The van der Waals surface area contributed by atoms with E-state index in [9.17, 15) is 24.8 Å². The van der Waals surface area contributed by atoms with E-state index in [1.807, 2.05) is 48.5 Å². The molecular weight excluding hydrogens is 508 g/mol. The van der Waals surface area contributed by atoms with Crippen LogP contribution in [0.15, 0.2) is 72.8 Å². The molecule has 40 heavy (non-hydrogen) atoms. The number of esters is 1. The number of unbranched alkanes of at least 4 members (excludes halogenated alkanes) is 5. The summed E-state index contributed by atoms with van der Waals surface area (Å²) in [5.41, 5.74) is 4.12. The Kier molecular flexibility index (Phi) is 10.0. The van der Waals surface area contributed by atoms with Crippen LogP contribution in [0, 0.1) is 10.1 Å². The molecule has 0 heterocycles. The first-order valence-corrected chi connectivity index (χ1v) is 14.0. The maximum Gasteiger partial charge on any atom is 0.331 e. The summed E-state index contributed by atoms with van der Waals surface area (Å²) in [6.07, 6.45) is 4.62. The number of hydrogen-bond donors (Lipinski definition) is 2. The van der Waals surface area contributed by atoms with Crippen LogP contribution in [-0.2, 0) is 14.3 Å². The van der Waals surface area contributed by atoms with Gasteiger partial charge in [0, 0.05) is 24.5 Å². The van der Waals surface area contributed by atoms with E-state index in [0.717, 1.165) is 47.9 Å². The summed E-state index contributed by atoms with van der Waals surface area (Å²) in [7, 11) is 0. The zero-order valence-corrected chi connectivity index (χ0v) is 22.8. The zero-order valence-electron chi connectivity index (χ0n) is 22.8. The fourth-order valence-corrected chi connectivity index (χ4v) is 5.32. The van der Waals surface area contributed by atoms with Gasteiger partial charge in [-0.2, -0.15) is 0 Å². The van der Waals surface area contributed by atoms with Crippen LogP contribution < -0.4 is 5.32 Å². The molecule has 0 fully saturated rings. The molecule has 2 unspecified atom stereocenters. The Labute approximate surface area is 234 Å². The van der Waals surface area contributed by atoms with Gasteiger partial charge >= 0.3 is 5.97 Å². The second-order valence-corrected chi connectivity index (χ2v) is 10.2. The van der Waals surface area contributed by atoms with E-state index < -0.39 is 28.9 Å². The molecule has 1 amide bonds. The summed E-state index contributed by atoms with van der Waals surface area (Å²) in [5.74, 6) is -1.40. The normalized spacial score (nSPS) is 13.7. The lowest BCUT2D eigenvalue weighted by atomic mass is 9.93. The number of nitrogens with zero attached hydrogens (tertiary/aromatic N) is 1. The van der Waals surface area contributed by atoms with Gasteiger partial charge in [0.25, 0.3) is 5.69 Å². The number of amides is 1. The van der Waals surface area contributed by atoms with Crippen molar-refractivity contribution in [3.05, 3.63) is 99.6 Å². The Morgan fingerprint density at radius 2 is 1.55 bits per heavy atom. The van der Waals surface area contributed by atoms with Crippen molar-refractivity contribution in [1.82, 2.24) is 5.32 Å². The quantitative estimate of drug-likeness (QED) is 0.108. The first kappa shape index (κ1) is 29.0. The van der Waals surface area contributed by atoms with Gasteiger partial charge in [0.2, 0.25) is 5.91 Å². The minimum Gasteiger partial charge on any atom is -0.464 e. The van der Waals surface area contributed by atoms with E-state index in [2.05, 4.69) is 12.2 Å². The fraction of sp³-hybridized carbons (Fsp3) is 0.375. The maximum absolute atomic E-state index is 13.4. The molecule has 0 spiro atoms. The second-order valence-electron chi connectivity index (χ2n) is 10.2. The van der Waals surface area contributed by atoms with E-state index in [0.29, 0.717) is 6.42 Å². The number of nitrogens with one attached hydrogen (secondary N) is 1. The predicted octanol–water partition coefficient (Wildman–Crippen LogP) is 6.22. The minimum atomic E-state index is -1.52. The number of nitro groups is 1.